The Balaban J connectivity index is 2.58. The van der Waals surface area contributed by atoms with Crippen LogP contribution in [0.25, 0.3) is 21.0 Å². The van der Waals surface area contributed by atoms with Gasteiger partial charge in [0.15, 0.2) is 0 Å². The van der Waals surface area contributed by atoms with Gasteiger partial charge >= 0.3 is 0 Å². The number of hydrogen-bond donors (Lipinski definition) is 0. The van der Waals surface area contributed by atoms with E-state index in [1.807, 2.05) is 23.7 Å². The zero-order chi connectivity index (χ0) is 10.3. The van der Waals surface area contributed by atoms with Gasteiger partial charge in [-0.2, -0.15) is 0 Å². The van der Waals surface area contributed by atoms with E-state index < -0.39 is 0 Å². The molecule has 3 aromatic rings. The molecule has 1 heterocycles. The van der Waals surface area contributed by atoms with Crippen molar-refractivity contribution in [3.05, 3.63) is 35.8 Å². The second-order valence-corrected chi connectivity index (χ2v) is 4.18. The van der Waals surface area contributed by atoms with Gasteiger partial charge in [0.05, 0.1) is 22.8 Å². The zero-order valence-electron chi connectivity index (χ0n) is 8.23. The average Bonchev–Trinajstić information content (AvgIpc) is 2.76. The fraction of sp³-hybridized carbons (Fsp3) is 0.0833. The third-order valence-corrected chi connectivity index (χ3v) is 3.40. The van der Waals surface area contributed by atoms with Gasteiger partial charge in [-0.15, -0.1) is 11.3 Å². The van der Waals surface area contributed by atoms with Gasteiger partial charge in [0, 0.05) is 16.8 Å². The molecule has 3 rings (SSSR count). The van der Waals surface area contributed by atoms with Gasteiger partial charge in [-0.1, -0.05) is 24.3 Å². The standard InChI is InChI=1S/C12H9NOS/c1-14-11-6-10-12(15-7-13-10)9-5-3-2-4-8(9)11/h2-7H,1H3. The van der Waals surface area contributed by atoms with Crippen LogP contribution in [0.5, 0.6) is 5.75 Å². The second kappa shape index (κ2) is 3.21. The summed E-state index contributed by atoms with van der Waals surface area (Å²) in [6.07, 6.45) is 0. The number of ether oxygens (including phenoxy) is 1. The minimum Gasteiger partial charge on any atom is -0.496 e. The largest absolute Gasteiger partial charge is 0.496 e. The number of thiazole rings is 1. The first-order chi connectivity index (χ1) is 7.40. The molecule has 0 aliphatic heterocycles. The van der Waals surface area contributed by atoms with Crippen molar-refractivity contribution in [3.8, 4) is 5.75 Å². The average molecular weight is 215 g/mol. The zero-order valence-corrected chi connectivity index (χ0v) is 9.04. The Morgan fingerprint density at radius 2 is 2.00 bits per heavy atom. The number of aromatic nitrogens is 1. The van der Waals surface area contributed by atoms with E-state index >= 15 is 0 Å². The van der Waals surface area contributed by atoms with Crippen molar-refractivity contribution in [2.24, 2.45) is 0 Å². The molecule has 0 aliphatic rings. The van der Waals surface area contributed by atoms with Gasteiger partial charge in [-0.05, 0) is 0 Å². The van der Waals surface area contributed by atoms with Crippen molar-refractivity contribution >= 4 is 32.3 Å². The summed E-state index contributed by atoms with van der Waals surface area (Å²) in [6, 6.07) is 10.2. The number of rotatable bonds is 1. The van der Waals surface area contributed by atoms with Gasteiger partial charge in [0.25, 0.3) is 0 Å². The van der Waals surface area contributed by atoms with Crippen molar-refractivity contribution in [2.45, 2.75) is 0 Å². The van der Waals surface area contributed by atoms with Gasteiger partial charge in [-0.25, -0.2) is 4.98 Å². The van der Waals surface area contributed by atoms with E-state index in [0.29, 0.717) is 0 Å². The van der Waals surface area contributed by atoms with E-state index in [1.54, 1.807) is 18.4 Å². The molecule has 0 saturated heterocycles. The summed E-state index contributed by atoms with van der Waals surface area (Å²) in [6.45, 7) is 0. The van der Waals surface area contributed by atoms with Crippen LogP contribution in [0.2, 0.25) is 0 Å². The highest BCUT2D eigenvalue weighted by Gasteiger charge is 2.07. The Kier molecular flexibility index (Phi) is 1.86. The number of benzene rings is 2. The lowest BCUT2D eigenvalue weighted by Crippen LogP contribution is -1.85. The molecule has 0 amide bonds. The van der Waals surface area contributed by atoms with E-state index in [1.165, 1.54) is 10.1 Å². The first-order valence-corrected chi connectivity index (χ1v) is 5.57. The molecule has 0 unspecified atom stereocenters. The van der Waals surface area contributed by atoms with Gasteiger partial charge in [0.2, 0.25) is 0 Å². The summed E-state index contributed by atoms with van der Waals surface area (Å²) in [4.78, 5) is 4.32. The van der Waals surface area contributed by atoms with Crippen molar-refractivity contribution < 1.29 is 4.74 Å². The minimum atomic E-state index is 0.893. The molecular formula is C12H9NOS. The lowest BCUT2D eigenvalue weighted by molar-refractivity contribution is 0.420. The highest BCUT2D eigenvalue weighted by molar-refractivity contribution is 7.17. The van der Waals surface area contributed by atoms with Crippen LogP contribution in [0, 0.1) is 0 Å². The van der Waals surface area contributed by atoms with Crippen molar-refractivity contribution in [2.75, 3.05) is 7.11 Å². The fourth-order valence-corrected chi connectivity index (χ4v) is 2.63. The predicted octanol–water partition coefficient (Wildman–Crippen LogP) is 3.46. The molecule has 2 aromatic carbocycles. The maximum atomic E-state index is 5.37. The van der Waals surface area contributed by atoms with Crippen LogP contribution >= 0.6 is 11.3 Å². The van der Waals surface area contributed by atoms with Crippen LogP contribution < -0.4 is 4.74 Å². The summed E-state index contributed by atoms with van der Waals surface area (Å²) in [7, 11) is 1.69. The van der Waals surface area contributed by atoms with Crippen LogP contribution in [0.15, 0.2) is 35.8 Å². The predicted molar refractivity (Wildman–Crippen MR) is 63.7 cm³/mol. The van der Waals surface area contributed by atoms with E-state index in [2.05, 4.69) is 17.1 Å². The molecule has 0 N–H and O–H groups in total. The van der Waals surface area contributed by atoms with Crippen LogP contribution in [0.3, 0.4) is 0 Å². The van der Waals surface area contributed by atoms with Crippen LogP contribution in [-0.2, 0) is 0 Å². The molecule has 0 saturated carbocycles. The van der Waals surface area contributed by atoms with E-state index in [4.69, 9.17) is 4.74 Å². The van der Waals surface area contributed by atoms with Crippen LogP contribution in [0.4, 0.5) is 0 Å². The Labute approximate surface area is 91.1 Å². The summed E-state index contributed by atoms with van der Waals surface area (Å²) >= 11 is 1.67. The molecule has 0 fully saturated rings. The van der Waals surface area contributed by atoms with Crippen molar-refractivity contribution in [1.29, 1.82) is 0 Å². The Hall–Kier alpha value is -1.61. The Morgan fingerprint density at radius 1 is 1.20 bits per heavy atom. The third-order valence-electron chi connectivity index (χ3n) is 2.52. The van der Waals surface area contributed by atoms with E-state index in [9.17, 15) is 0 Å². The quantitative estimate of drug-likeness (QED) is 0.620. The number of methoxy groups -OCH3 is 1. The summed E-state index contributed by atoms with van der Waals surface area (Å²) in [5.41, 5.74) is 2.88. The summed E-state index contributed by atoms with van der Waals surface area (Å²) in [5, 5.41) is 2.37. The minimum absolute atomic E-state index is 0.893. The topological polar surface area (TPSA) is 22.1 Å². The van der Waals surface area contributed by atoms with Gasteiger partial charge in [-0.3, -0.25) is 0 Å². The smallest absolute Gasteiger partial charge is 0.128 e. The van der Waals surface area contributed by atoms with Gasteiger partial charge < -0.3 is 4.74 Å². The molecule has 2 nitrogen and oxygen atoms in total. The molecule has 0 radical (unpaired) electrons. The third kappa shape index (κ3) is 1.20. The molecule has 0 spiro atoms. The first-order valence-electron chi connectivity index (χ1n) is 4.69. The second-order valence-electron chi connectivity index (χ2n) is 3.33. The van der Waals surface area contributed by atoms with Gasteiger partial charge in [0.1, 0.15) is 5.75 Å². The van der Waals surface area contributed by atoms with Crippen LogP contribution in [-0.4, -0.2) is 12.1 Å². The SMILES string of the molecule is COc1cc2ncsc2c2ccccc12. The van der Waals surface area contributed by atoms with E-state index in [0.717, 1.165) is 16.7 Å². The normalized spacial score (nSPS) is 11.0. The highest BCUT2D eigenvalue weighted by Crippen LogP contribution is 2.34. The molecule has 0 atom stereocenters. The number of hydrogen-bond acceptors (Lipinski definition) is 3. The van der Waals surface area contributed by atoms with E-state index in [-0.39, 0.29) is 0 Å². The monoisotopic (exact) mass is 215 g/mol. The molecule has 0 bridgehead atoms. The maximum absolute atomic E-state index is 5.37. The first kappa shape index (κ1) is 8.68. The molecule has 15 heavy (non-hydrogen) atoms. The van der Waals surface area contributed by atoms with Crippen molar-refractivity contribution in [3.63, 3.8) is 0 Å². The lowest BCUT2D eigenvalue weighted by atomic mass is 10.1. The molecule has 74 valence electrons. The molecule has 0 aliphatic carbocycles. The summed E-state index contributed by atoms with van der Waals surface area (Å²) < 4.78 is 6.60. The molecular weight excluding hydrogens is 206 g/mol. The molecule has 1 aromatic heterocycles. The Bertz CT molecular complexity index is 630. The van der Waals surface area contributed by atoms with Crippen molar-refractivity contribution in [1.82, 2.24) is 4.98 Å². The summed E-state index contributed by atoms with van der Waals surface area (Å²) in [5.74, 6) is 0.893. The molecule has 3 heteroatoms. The number of fused-ring (bicyclic) bond motifs is 3. The van der Waals surface area contributed by atoms with Crippen LogP contribution in [0.1, 0.15) is 0 Å². The highest BCUT2D eigenvalue weighted by atomic mass is 32.1. The lowest BCUT2D eigenvalue weighted by Gasteiger charge is -2.05. The number of nitrogens with zero attached hydrogens (tertiary/aromatic N) is 1. The Morgan fingerprint density at radius 3 is 2.80 bits per heavy atom. The maximum Gasteiger partial charge on any atom is 0.128 e. The fourth-order valence-electron chi connectivity index (χ4n) is 1.83.